The molecule has 1 fully saturated rings. The molecule has 3 aromatic rings. The molecule has 0 unspecified atom stereocenters. The Morgan fingerprint density at radius 1 is 1.14 bits per heavy atom. The number of ether oxygens (including phenoxy) is 3. The molecule has 1 heterocycles. The fraction of sp³-hybridized carbons (Fsp3) is 0.393. The van der Waals surface area contributed by atoms with Crippen LogP contribution in [0.1, 0.15) is 31.0 Å². The summed E-state index contributed by atoms with van der Waals surface area (Å²) in [7, 11) is 1.63. The van der Waals surface area contributed by atoms with Crippen molar-refractivity contribution in [3.63, 3.8) is 0 Å². The summed E-state index contributed by atoms with van der Waals surface area (Å²) in [6.07, 6.45) is 7.60. The minimum atomic E-state index is -0.628. The minimum absolute atomic E-state index is 0.196. The van der Waals surface area contributed by atoms with Gasteiger partial charge >= 0.3 is 0 Å². The van der Waals surface area contributed by atoms with E-state index in [0.717, 1.165) is 36.2 Å². The zero-order valence-corrected chi connectivity index (χ0v) is 20.4. The van der Waals surface area contributed by atoms with Gasteiger partial charge in [-0.2, -0.15) is 5.10 Å². The van der Waals surface area contributed by atoms with Crippen LogP contribution in [-0.2, 0) is 17.7 Å². The lowest BCUT2D eigenvalue weighted by atomic mass is 10.1. The Morgan fingerprint density at radius 2 is 1.86 bits per heavy atom. The van der Waals surface area contributed by atoms with Gasteiger partial charge in [-0.15, -0.1) is 6.42 Å². The Bertz CT molecular complexity index is 1130. The molecule has 0 saturated heterocycles. The fourth-order valence-corrected chi connectivity index (χ4v) is 4.14. The van der Waals surface area contributed by atoms with E-state index in [1.807, 2.05) is 59.3 Å². The van der Waals surface area contributed by atoms with Crippen LogP contribution in [0.3, 0.4) is 0 Å². The smallest absolute Gasteiger partial charge is 0.227 e. The first-order valence-corrected chi connectivity index (χ1v) is 12.0. The van der Waals surface area contributed by atoms with Gasteiger partial charge in [0.2, 0.25) is 5.88 Å². The summed E-state index contributed by atoms with van der Waals surface area (Å²) in [6, 6.07) is 18.0. The molecule has 0 aliphatic heterocycles. The predicted octanol–water partition coefficient (Wildman–Crippen LogP) is 4.21. The molecule has 0 radical (unpaired) electrons. The summed E-state index contributed by atoms with van der Waals surface area (Å²) in [5.74, 6) is 4.37. The molecule has 0 bridgehead atoms. The number of benzene rings is 2. The van der Waals surface area contributed by atoms with Crippen molar-refractivity contribution in [3.8, 4) is 35.4 Å². The predicted molar refractivity (Wildman–Crippen MR) is 135 cm³/mol. The standard InChI is InChI=1S/C28H33N3O4/c1-4-17-34-20-23(32)18-30(21-15-16-21)19-24-25(5-2)29-31(22-11-7-6-8-12-22)28(24)35-27-14-10-9-13-26(27)33-3/h1,6-14,21,23,32H,5,15-20H2,2-3H3/t23-/m1/s1. The molecule has 35 heavy (non-hydrogen) atoms. The Morgan fingerprint density at radius 3 is 2.51 bits per heavy atom. The van der Waals surface area contributed by atoms with Crippen molar-refractivity contribution in [3.05, 3.63) is 65.9 Å². The van der Waals surface area contributed by atoms with Gasteiger partial charge in [-0.05, 0) is 43.5 Å². The first-order valence-electron chi connectivity index (χ1n) is 12.0. The van der Waals surface area contributed by atoms with Crippen molar-refractivity contribution >= 4 is 0 Å². The second-order valence-corrected chi connectivity index (χ2v) is 8.62. The first-order chi connectivity index (χ1) is 17.1. The van der Waals surface area contributed by atoms with E-state index in [0.29, 0.717) is 36.5 Å². The number of rotatable bonds is 13. The molecular weight excluding hydrogens is 442 g/mol. The molecular formula is C28H33N3O4. The number of hydrogen-bond donors (Lipinski definition) is 1. The SMILES string of the molecule is C#CCOC[C@H](O)CN(Cc1c(CC)nn(-c2ccccc2)c1Oc1ccccc1OC)C1CC1. The molecule has 0 amide bonds. The van der Waals surface area contributed by atoms with E-state index < -0.39 is 6.10 Å². The number of hydrogen-bond acceptors (Lipinski definition) is 6. The van der Waals surface area contributed by atoms with Gasteiger partial charge in [0.15, 0.2) is 11.5 Å². The van der Waals surface area contributed by atoms with Gasteiger partial charge in [-0.25, -0.2) is 4.68 Å². The van der Waals surface area contributed by atoms with Crippen molar-refractivity contribution in [2.75, 3.05) is 26.9 Å². The molecule has 2 aromatic carbocycles. The molecule has 1 aromatic heterocycles. The molecule has 184 valence electrons. The lowest BCUT2D eigenvalue weighted by molar-refractivity contribution is 0.0240. The number of aryl methyl sites for hydroxylation is 1. The van der Waals surface area contributed by atoms with Crippen LogP contribution in [0.5, 0.6) is 17.4 Å². The van der Waals surface area contributed by atoms with Gasteiger partial charge in [-0.1, -0.05) is 43.2 Å². The maximum absolute atomic E-state index is 10.6. The first kappa shape index (κ1) is 24.8. The number of nitrogens with zero attached hydrogens (tertiary/aromatic N) is 3. The number of aliphatic hydroxyl groups is 1. The van der Waals surface area contributed by atoms with Crippen molar-refractivity contribution in [1.29, 1.82) is 0 Å². The van der Waals surface area contributed by atoms with Gasteiger partial charge < -0.3 is 19.3 Å². The van der Waals surface area contributed by atoms with Gasteiger partial charge in [0.05, 0.1) is 36.8 Å². The van der Waals surface area contributed by atoms with E-state index in [2.05, 4.69) is 17.7 Å². The Hall–Kier alpha value is -3.31. The third-order valence-corrected chi connectivity index (χ3v) is 6.00. The summed E-state index contributed by atoms with van der Waals surface area (Å²) in [4.78, 5) is 2.30. The van der Waals surface area contributed by atoms with E-state index >= 15 is 0 Å². The molecule has 7 heteroatoms. The minimum Gasteiger partial charge on any atom is -0.493 e. The van der Waals surface area contributed by atoms with Crippen LogP contribution in [0, 0.1) is 12.3 Å². The molecule has 0 spiro atoms. The van der Waals surface area contributed by atoms with Crippen molar-refractivity contribution in [1.82, 2.24) is 14.7 Å². The third-order valence-electron chi connectivity index (χ3n) is 6.00. The van der Waals surface area contributed by atoms with Crippen molar-refractivity contribution < 1.29 is 19.3 Å². The van der Waals surface area contributed by atoms with Crippen LogP contribution in [-0.4, -0.2) is 58.8 Å². The Balaban J connectivity index is 1.69. The van der Waals surface area contributed by atoms with Gasteiger partial charge in [0.1, 0.15) is 6.61 Å². The second-order valence-electron chi connectivity index (χ2n) is 8.62. The van der Waals surface area contributed by atoms with E-state index in [4.69, 9.17) is 25.7 Å². The van der Waals surface area contributed by atoms with Crippen LogP contribution < -0.4 is 9.47 Å². The Kier molecular flexibility index (Phi) is 8.43. The summed E-state index contributed by atoms with van der Waals surface area (Å²) in [5, 5.41) is 15.5. The largest absolute Gasteiger partial charge is 0.493 e. The highest BCUT2D eigenvalue weighted by atomic mass is 16.5. The number of aromatic nitrogens is 2. The van der Waals surface area contributed by atoms with E-state index in [9.17, 15) is 5.11 Å². The topological polar surface area (TPSA) is 69.0 Å². The van der Waals surface area contributed by atoms with E-state index in [-0.39, 0.29) is 13.2 Å². The maximum atomic E-state index is 10.6. The highest BCUT2D eigenvalue weighted by Crippen LogP contribution is 2.38. The lowest BCUT2D eigenvalue weighted by Crippen LogP contribution is -2.36. The number of para-hydroxylation sites is 3. The lowest BCUT2D eigenvalue weighted by Gasteiger charge is -2.25. The molecule has 1 saturated carbocycles. The summed E-state index contributed by atoms with van der Waals surface area (Å²) in [6.45, 7) is 3.60. The van der Waals surface area contributed by atoms with Gasteiger partial charge in [0, 0.05) is 19.1 Å². The van der Waals surface area contributed by atoms with Crippen LogP contribution >= 0.6 is 0 Å². The number of terminal acetylenes is 1. The van der Waals surface area contributed by atoms with E-state index in [1.165, 1.54) is 0 Å². The number of methoxy groups -OCH3 is 1. The average molecular weight is 476 g/mol. The van der Waals surface area contributed by atoms with Crippen LogP contribution in [0.4, 0.5) is 0 Å². The molecule has 1 atom stereocenters. The quantitative estimate of drug-likeness (QED) is 0.295. The zero-order chi connectivity index (χ0) is 24.6. The highest BCUT2D eigenvalue weighted by Gasteiger charge is 2.33. The van der Waals surface area contributed by atoms with Crippen molar-refractivity contribution in [2.45, 2.75) is 44.9 Å². The Labute approximate surface area is 207 Å². The van der Waals surface area contributed by atoms with Crippen LogP contribution in [0.2, 0.25) is 0 Å². The van der Waals surface area contributed by atoms with Gasteiger partial charge in [0.25, 0.3) is 0 Å². The summed E-state index contributed by atoms with van der Waals surface area (Å²) in [5.41, 5.74) is 2.88. The van der Waals surface area contributed by atoms with Crippen LogP contribution in [0.15, 0.2) is 54.6 Å². The molecule has 1 aliphatic carbocycles. The third kappa shape index (κ3) is 6.23. The molecule has 4 rings (SSSR count). The normalized spacial score (nSPS) is 14.0. The fourth-order valence-electron chi connectivity index (χ4n) is 4.14. The summed E-state index contributed by atoms with van der Waals surface area (Å²) >= 11 is 0. The monoisotopic (exact) mass is 475 g/mol. The molecule has 1 aliphatic rings. The van der Waals surface area contributed by atoms with Crippen LogP contribution in [0.25, 0.3) is 5.69 Å². The molecule has 1 N–H and O–H groups in total. The van der Waals surface area contributed by atoms with Crippen molar-refractivity contribution in [2.24, 2.45) is 0 Å². The van der Waals surface area contributed by atoms with Gasteiger partial charge in [-0.3, -0.25) is 4.90 Å². The number of aliphatic hydroxyl groups excluding tert-OH is 1. The molecule has 7 nitrogen and oxygen atoms in total. The second kappa shape index (κ2) is 11.9. The maximum Gasteiger partial charge on any atom is 0.227 e. The highest BCUT2D eigenvalue weighted by molar-refractivity contribution is 5.47. The van der Waals surface area contributed by atoms with E-state index in [1.54, 1.807) is 7.11 Å². The zero-order valence-electron chi connectivity index (χ0n) is 20.4. The summed E-state index contributed by atoms with van der Waals surface area (Å²) < 4.78 is 19.3. The average Bonchev–Trinajstić information content (AvgIpc) is 3.68.